The van der Waals surface area contributed by atoms with Crippen LogP contribution < -0.4 is 5.32 Å². The van der Waals surface area contributed by atoms with E-state index in [2.05, 4.69) is 29.6 Å². The minimum atomic E-state index is -0.308. The second-order valence-electron chi connectivity index (χ2n) is 7.40. The fourth-order valence-electron chi connectivity index (χ4n) is 3.99. The summed E-state index contributed by atoms with van der Waals surface area (Å²) in [5, 5.41) is 3.73. The predicted molar refractivity (Wildman–Crippen MR) is 107 cm³/mol. The summed E-state index contributed by atoms with van der Waals surface area (Å²) in [6.07, 6.45) is 5.77. The number of amides is 1. The Labute approximate surface area is 163 Å². The maximum Gasteiger partial charge on any atom is 0.341 e. The lowest BCUT2D eigenvalue weighted by Gasteiger charge is -2.24. The Kier molecular flexibility index (Phi) is 5.30. The van der Waals surface area contributed by atoms with Crippen LogP contribution in [0.1, 0.15) is 64.9 Å². The maximum atomic E-state index is 12.6. The molecule has 1 aromatic carbocycles. The van der Waals surface area contributed by atoms with Gasteiger partial charge in [-0.25, -0.2) is 4.79 Å². The highest BCUT2D eigenvalue weighted by molar-refractivity contribution is 7.17. The molecule has 142 valence electrons. The number of nitrogens with one attached hydrogen (secondary N) is 1. The molecular weight excluding hydrogens is 358 g/mol. The monoisotopic (exact) mass is 383 g/mol. The van der Waals surface area contributed by atoms with Crippen molar-refractivity contribution in [1.82, 2.24) is 0 Å². The van der Waals surface area contributed by atoms with Crippen LogP contribution in [0.5, 0.6) is 0 Å². The summed E-state index contributed by atoms with van der Waals surface area (Å²) < 4.78 is 5.30. The van der Waals surface area contributed by atoms with Crippen LogP contribution in [0.2, 0.25) is 0 Å². The highest BCUT2D eigenvalue weighted by atomic mass is 32.1. The number of fused-ring (bicyclic) bond motifs is 1. The van der Waals surface area contributed by atoms with Crippen LogP contribution in [0.25, 0.3) is 0 Å². The third kappa shape index (κ3) is 3.65. The zero-order valence-electron chi connectivity index (χ0n) is 15.6. The van der Waals surface area contributed by atoms with Crippen LogP contribution in [-0.2, 0) is 22.4 Å². The van der Waals surface area contributed by atoms with E-state index in [-0.39, 0.29) is 17.8 Å². The number of anilines is 1. The van der Waals surface area contributed by atoms with Gasteiger partial charge in [0.05, 0.1) is 12.2 Å². The molecule has 1 N–H and O–H groups in total. The zero-order chi connectivity index (χ0) is 18.8. The number of rotatable bonds is 5. The minimum absolute atomic E-state index is 0.0463. The van der Waals surface area contributed by atoms with E-state index < -0.39 is 0 Å². The van der Waals surface area contributed by atoms with E-state index in [1.165, 1.54) is 10.4 Å². The molecule has 2 aromatic rings. The Hall–Kier alpha value is -2.14. The molecule has 0 unspecified atom stereocenters. The lowest BCUT2D eigenvalue weighted by atomic mass is 9.83. The van der Waals surface area contributed by atoms with Gasteiger partial charge >= 0.3 is 5.97 Å². The molecule has 1 aromatic heterocycles. The molecule has 5 heteroatoms. The Morgan fingerprint density at radius 3 is 2.63 bits per heavy atom. The molecule has 4 rings (SSSR count). The van der Waals surface area contributed by atoms with E-state index in [1.54, 1.807) is 11.3 Å². The number of carbonyl (C=O) groups excluding carboxylic acids is 2. The van der Waals surface area contributed by atoms with E-state index in [0.717, 1.165) is 44.1 Å². The van der Waals surface area contributed by atoms with Gasteiger partial charge in [0, 0.05) is 10.8 Å². The number of carbonyl (C=O) groups is 2. The van der Waals surface area contributed by atoms with Crippen molar-refractivity contribution in [3.8, 4) is 0 Å². The predicted octanol–water partition coefficient (Wildman–Crippen LogP) is 4.94. The summed E-state index contributed by atoms with van der Waals surface area (Å²) >= 11 is 1.56. The molecule has 0 bridgehead atoms. The van der Waals surface area contributed by atoms with Crippen molar-refractivity contribution >= 4 is 28.2 Å². The lowest BCUT2D eigenvalue weighted by molar-refractivity contribution is -0.122. The summed E-state index contributed by atoms with van der Waals surface area (Å²) in [7, 11) is 0. The standard InChI is InChI=1S/C22H25NO3S/c1-2-26-22(25)19-17-12-11-16(14-7-4-3-5-8-14)13-18(17)27-21(19)23-20(24)15-9-6-10-15/h3-5,7-8,15-16H,2,6,9-13H2,1H3,(H,23,24)/t16-/m0/s1. The van der Waals surface area contributed by atoms with Gasteiger partial charge < -0.3 is 10.1 Å². The second-order valence-corrected chi connectivity index (χ2v) is 8.50. The fraction of sp³-hybridized carbons (Fsp3) is 0.455. The quantitative estimate of drug-likeness (QED) is 0.745. The first-order chi connectivity index (χ1) is 13.2. The van der Waals surface area contributed by atoms with Gasteiger partial charge in [0.2, 0.25) is 5.91 Å². The number of esters is 1. The van der Waals surface area contributed by atoms with Crippen LogP contribution in [0.3, 0.4) is 0 Å². The highest BCUT2D eigenvalue weighted by Gasteiger charge is 2.32. The third-order valence-electron chi connectivity index (χ3n) is 5.73. The van der Waals surface area contributed by atoms with E-state index >= 15 is 0 Å². The Balaban J connectivity index is 1.62. The molecule has 1 atom stereocenters. The van der Waals surface area contributed by atoms with Gasteiger partial charge in [-0.1, -0.05) is 36.8 Å². The van der Waals surface area contributed by atoms with Gasteiger partial charge in [0.1, 0.15) is 5.00 Å². The molecular formula is C22H25NO3S. The average molecular weight is 384 g/mol. The molecule has 0 saturated heterocycles. The number of hydrogen-bond acceptors (Lipinski definition) is 4. The Morgan fingerprint density at radius 2 is 1.96 bits per heavy atom. The van der Waals surface area contributed by atoms with Crippen molar-refractivity contribution in [3.05, 3.63) is 51.9 Å². The van der Waals surface area contributed by atoms with Crippen molar-refractivity contribution in [1.29, 1.82) is 0 Å². The normalized spacial score (nSPS) is 19.1. The zero-order valence-corrected chi connectivity index (χ0v) is 16.4. The fourth-order valence-corrected chi connectivity index (χ4v) is 5.31. The smallest absolute Gasteiger partial charge is 0.341 e. The van der Waals surface area contributed by atoms with E-state index in [9.17, 15) is 9.59 Å². The van der Waals surface area contributed by atoms with Crippen LogP contribution in [0.4, 0.5) is 5.00 Å². The minimum Gasteiger partial charge on any atom is -0.462 e. The van der Waals surface area contributed by atoms with Gasteiger partial charge in [-0.3, -0.25) is 4.79 Å². The molecule has 27 heavy (non-hydrogen) atoms. The van der Waals surface area contributed by atoms with Gasteiger partial charge in [0.25, 0.3) is 0 Å². The van der Waals surface area contributed by atoms with Crippen LogP contribution in [0.15, 0.2) is 30.3 Å². The first kappa shape index (κ1) is 18.2. The molecule has 4 nitrogen and oxygen atoms in total. The maximum absolute atomic E-state index is 12.6. The summed E-state index contributed by atoms with van der Waals surface area (Å²) in [6, 6.07) is 10.5. The van der Waals surface area contributed by atoms with Gasteiger partial charge in [0.15, 0.2) is 0 Å². The van der Waals surface area contributed by atoms with Gasteiger partial charge in [-0.15, -0.1) is 11.3 Å². The molecule has 2 aliphatic carbocycles. The molecule has 1 amide bonds. The number of thiophene rings is 1. The first-order valence-electron chi connectivity index (χ1n) is 9.84. The van der Waals surface area contributed by atoms with Gasteiger partial charge in [-0.2, -0.15) is 0 Å². The van der Waals surface area contributed by atoms with Crippen molar-refractivity contribution in [2.24, 2.45) is 5.92 Å². The Bertz CT molecular complexity index is 839. The first-order valence-corrected chi connectivity index (χ1v) is 10.7. The van der Waals surface area contributed by atoms with E-state index in [4.69, 9.17) is 4.74 Å². The topological polar surface area (TPSA) is 55.4 Å². The average Bonchev–Trinajstić information content (AvgIpc) is 2.98. The van der Waals surface area contributed by atoms with Crippen molar-refractivity contribution < 1.29 is 14.3 Å². The summed E-state index contributed by atoms with van der Waals surface area (Å²) in [5.41, 5.74) is 3.01. The third-order valence-corrected chi connectivity index (χ3v) is 6.90. The molecule has 0 aliphatic heterocycles. The lowest BCUT2D eigenvalue weighted by Crippen LogP contribution is -2.28. The number of hydrogen-bond donors (Lipinski definition) is 1. The highest BCUT2D eigenvalue weighted by Crippen LogP contribution is 2.43. The number of ether oxygens (including phenoxy) is 1. The van der Waals surface area contributed by atoms with Crippen molar-refractivity contribution in [2.75, 3.05) is 11.9 Å². The molecule has 0 spiro atoms. The molecule has 1 heterocycles. The van der Waals surface area contributed by atoms with Crippen molar-refractivity contribution in [2.45, 2.75) is 51.4 Å². The second kappa shape index (κ2) is 7.85. The number of benzene rings is 1. The van der Waals surface area contributed by atoms with Crippen LogP contribution in [0, 0.1) is 5.92 Å². The largest absolute Gasteiger partial charge is 0.462 e. The Morgan fingerprint density at radius 1 is 1.19 bits per heavy atom. The van der Waals surface area contributed by atoms with E-state index in [1.807, 2.05) is 13.0 Å². The summed E-state index contributed by atoms with van der Waals surface area (Å²) in [5.74, 6) is 0.292. The molecule has 1 fully saturated rings. The molecule has 0 radical (unpaired) electrons. The van der Waals surface area contributed by atoms with Crippen LogP contribution >= 0.6 is 11.3 Å². The molecule has 2 aliphatic rings. The summed E-state index contributed by atoms with van der Waals surface area (Å²) in [6.45, 7) is 2.15. The van der Waals surface area contributed by atoms with Crippen molar-refractivity contribution in [3.63, 3.8) is 0 Å². The summed E-state index contributed by atoms with van der Waals surface area (Å²) in [4.78, 5) is 26.3. The van der Waals surface area contributed by atoms with Crippen LogP contribution in [-0.4, -0.2) is 18.5 Å². The van der Waals surface area contributed by atoms with Gasteiger partial charge in [-0.05, 0) is 56.1 Å². The SMILES string of the molecule is CCOC(=O)c1c(NC(=O)C2CCC2)sc2c1CC[C@H](c1ccccc1)C2. The molecule has 1 saturated carbocycles. The van der Waals surface area contributed by atoms with E-state index in [0.29, 0.717) is 23.1 Å².